The van der Waals surface area contributed by atoms with Crippen LogP contribution in [0.5, 0.6) is 0 Å². The molecule has 1 aromatic rings. The number of aliphatic hydroxyl groups excluding tert-OH is 1. The maximum absolute atomic E-state index is 12.0. The molecule has 0 amide bonds. The summed E-state index contributed by atoms with van der Waals surface area (Å²) >= 11 is 2.12. The Morgan fingerprint density at radius 3 is 2.26 bits per heavy atom. The van der Waals surface area contributed by atoms with Gasteiger partial charge in [0.2, 0.25) is 10.0 Å². The molecule has 0 aliphatic heterocycles. The second-order valence-electron chi connectivity index (χ2n) is 5.72. The number of benzene rings is 1. The Morgan fingerprint density at radius 2 is 1.79 bits per heavy atom. The van der Waals surface area contributed by atoms with Crippen molar-refractivity contribution in [2.45, 2.75) is 38.2 Å². The van der Waals surface area contributed by atoms with Crippen LogP contribution in [0, 0.1) is 8.99 Å². The van der Waals surface area contributed by atoms with Gasteiger partial charge in [0, 0.05) is 10.1 Å². The molecule has 6 heteroatoms. The Bertz CT molecular complexity index is 506. The van der Waals surface area contributed by atoms with Crippen LogP contribution in [-0.2, 0) is 10.0 Å². The fourth-order valence-electron chi connectivity index (χ4n) is 1.68. The Labute approximate surface area is 128 Å². The molecule has 0 spiro atoms. The molecule has 0 aliphatic carbocycles. The van der Waals surface area contributed by atoms with Crippen LogP contribution in [0.2, 0.25) is 0 Å². The van der Waals surface area contributed by atoms with E-state index in [1.54, 1.807) is 24.3 Å². The molecule has 4 nitrogen and oxygen atoms in total. The number of sulfonamides is 1. The Balaban J connectivity index is 2.63. The topological polar surface area (TPSA) is 66.4 Å². The highest BCUT2D eigenvalue weighted by Gasteiger charge is 2.20. The lowest BCUT2D eigenvalue weighted by atomic mass is 9.89. The molecular formula is C13H20INO3S. The first-order chi connectivity index (χ1) is 8.60. The molecule has 0 saturated heterocycles. The molecule has 2 N–H and O–H groups in total. The number of halogens is 1. The number of aliphatic hydroxyl groups is 1. The van der Waals surface area contributed by atoms with E-state index in [2.05, 4.69) is 27.3 Å². The van der Waals surface area contributed by atoms with Crippen LogP contribution in [0.15, 0.2) is 29.2 Å². The highest BCUT2D eigenvalue weighted by Crippen LogP contribution is 2.20. The molecule has 1 atom stereocenters. The fourth-order valence-corrected chi connectivity index (χ4v) is 3.11. The van der Waals surface area contributed by atoms with Gasteiger partial charge < -0.3 is 5.11 Å². The number of hydrogen-bond acceptors (Lipinski definition) is 3. The summed E-state index contributed by atoms with van der Waals surface area (Å²) in [4.78, 5) is 0.218. The Morgan fingerprint density at radius 1 is 1.26 bits per heavy atom. The molecule has 1 unspecified atom stereocenters. The zero-order valence-electron chi connectivity index (χ0n) is 11.4. The summed E-state index contributed by atoms with van der Waals surface area (Å²) in [5.74, 6) is 0. The summed E-state index contributed by atoms with van der Waals surface area (Å²) in [6, 6.07) is 6.59. The Kier molecular flexibility index (Phi) is 5.78. The molecule has 108 valence electrons. The highest BCUT2D eigenvalue weighted by molar-refractivity contribution is 14.1. The van der Waals surface area contributed by atoms with Crippen LogP contribution >= 0.6 is 22.6 Å². The lowest BCUT2D eigenvalue weighted by Crippen LogP contribution is -2.34. The van der Waals surface area contributed by atoms with E-state index >= 15 is 0 Å². The van der Waals surface area contributed by atoms with Crippen molar-refractivity contribution in [1.29, 1.82) is 0 Å². The largest absolute Gasteiger partial charge is 0.392 e. The quantitative estimate of drug-likeness (QED) is 0.750. The van der Waals surface area contributed by atoms with Crippen molar-refractivity contribution in [1.82, 2.24) is 4.72 Å². The minimum absolute atomic E-state index is 0.0333. The summed E-state index contributed by atoms with van der Waals surface area (Å²) in [5.41, 5.74) is -0.0340. The van der Waals surface area contributed by atoms with E-state index in [4.69, 9.17) is 0 Å². The van der Waals surface area contributed by atoms with Crippen LogP contribution < -0.4 is 4.72 Å². The van der Waals surface area contributed by atoms with E-state index in [0.29, 0.717) is 6.42 Å². The van der Waals surface area contributed by atoms with Crippen molar-refractivity contribution in [3.63, 3.8) is 0 Å². The van der Waals surface area contributed by atoms with Crippen LogP contribution in [0.4, 0.5) is 0 Å². The van der Waals surface area contributed by atoms with E-state index in [0.717, 1.165) is 3.57 Å². The summed E-state index contributed by atoms with van der Waals surface area (Å²) < 4.78 is 27.4. The van der Waals surface area contributed by atoms with E-state index in [9.17, 15) is 13.5 Å². The van der Waals surface area contributed by atoms with E-state index < -0.39 is 16.1 Å². The molecule has 0 saturated carbocycles. The fraction of sp³-hybridized carbons (Fsp3) is 0.538. The first-order valence-corrected chi connectivity index (χ1v) is 8.60. The third kappa shape index (κ3) is 6.20. The molecule has 0 fully saturated rings. The molecule has 1 aromatic carbocycles. The predicted molar refractivity (Wildman–Crippen MR) is 84.4 cm³/mol. The van der Waals surface area contributed by atoms with Crippen molar-refractivity contribution in [2.24, 2.45) is 5.41 Å². The van der Waals surface area contributed by atoms with Crippen molar-refractivity contribution in [3.05, 3.63) is 27.8 Å². The molecule has 0 aromatic heterocycles. The maximum atomic E-state index is 12.0. The van der Waals surface area contributed by atoms with Gasteiger partial charge in [-0.05, 0) is 58.7 Å². The first kappa shape index (κ1) is 16.9. The lowest BCUT2D eigenvalue weighted by molar-refractivity contribution is 0.125. The minimum atomic E-state index is -3.54. The number of nitrogens with one attached hydrogen (secondary N) is 1. The molecule has 0 heterocycles. The summed E-state index contributed by atoms with van der Waals surface area (Å²) in [6.45, 7) is 6.04. The first-order valence-electron chi connectivity index (χ1n) is 6.03. The van der Waals surface area contributed by atoms with Gasteiger partial charge in [0.1, 0.15) is 0 Å². The maximum Gasteiger partial charge on any atom is 0.240 e. The standard InChI is InChI=1S/C13H20INO3S/c1-13(2,3)8-11(16)9-15-19(17,18)12-6-4-10(14)5-7-12/h4-7,11,15-16H,8-9H2,1-3H3. The van der Waals surface area contributed by atoms with Crippen LogP contribution in [-0.4, -0.2) is 26.2 Å². The van der Waals surface area contributed by atoms with Gasteiger partial charge in [-0.2, -0.15) is 0 Å². The minimum Gasteiger partial charge on any atom is -0.392 e. The van der Waals surface area contributed by atoms with Gasteiger partial charge in [-0.3, -0.25) is 0 Å². The van der Waals surface area contributed by atoms with Crippen LogP contribution in [0.3, 0.4) is 0 Å². The van der Waals surface area contributed by atoms with Crippen molar-refractivity contribution in [2.75, 3.05) is 6.54 Å². The van der Waals surface area contributed by atoms with Gasteiger partial charge in [-0.15, -0.1) is 0 Å². The van der Waals surface area contributed by atoms with E-state index in [-0.39, 0.29) is 16.9 Å². The van der Waals surface area contributed by atoms with Crippen molar-refractivity contribution >= 4 is 32.6 Å². The van der Waals surface area contributed by atoms with E-state index in [1.165, 1.54) is 0 Å². The number of rotatable bonds is 5. The van der Waals surface area contributed by atoms with Crippen LogP contribution in [0.1, 0.15) is 27.2 Å². The summed E-state index contributed by atoms with van der Waals surface area (Å²) in [6.07, 6.45) is -0.138. The normalized spacial score (nSPS) is 14.4. The SMILES string of the molecule is CC(C)(C)CC(O)CNS(=O)(=O)c1ccc(I)cc1. The van der Waals surface area contributed by atoms with Gasteiger partial charge in [0.15, 0.2) is 0 Å². The Hall–Kier alpha value is -0.180. The second-order valence-corrected chi connectivity index (χ2v) is 8.74. The smallest absolute Gasteiger partial charge is 0.240 e. The summed E-state index contributed by atoms with van der Waals surface area (Å²) in [5, 5.41) is 9.81. The zero-order valence-corrected chi connectivity index (χ0v) is 14.3. The predicted octanol–water partition coefficient (Wildman–Crippen LogP) is 2.37. The van der Waals surface area contributed by atoms with Crippen molar-refractivity contribution < 1.29 is 13.5 Å². The third-order valence-electron chi connectivity index (χ3n) is 2.48. The van der Waals surface area contributed by atoms with Crippen molar-refractivity contribution in [3.8, 4) is 0 Å². The third-order valence-corrected chi connectivity index (χ3v) is 4.64. The lowest BCUT2D eigenvalue weighted by Gasteiger charge is -2.22. The molecule has 0 bridgehead atoms. The molecule has 0 radical (unpaired) electrons. The second kappa shape index (κ2) is 6.51. The highest BCUT2D eigenvalue weighted by atomic mass is 127. The molecule has 19 heavy (non-hydrogen) atoms. The van der Waals surface area contributed by atoms with Gasteiger partial charge in [-0.25, -0.2) is 13.1 Å². The summed E-state index contributed by atoms with van der Waals surface area (Å²) in [7, 11) is -3.54. The molecule has 1 rings (SSSR count). The monoisotopic (exact) mass is 397 g/mol. The van der Waals surface area contributed by atoms with Gasteiger partial charge in [0.05, 0.1) is 11.0 Å². The zero-order chi connectivity index (χ0) is 14.7. The average molecular weight is 397 g/mol. The van der Waals surface area contributed by atoms with Gasteiger partial charge in [-0.1, -0.05) is 20.8 Å². The van der Waals surface area contributed by atoms with Crippen LogP contribution in [0.25, 0.3) is 0 Å². The molecule has 0 aliphatic rings. The van der Waals surface area contributed by atoms with E-state index in [1.807, 2.05) is 20.8 Å². The molecular weight excluding hydrogens is 377 g/mol. The van der Waals surface area contributed by atoms with Gasteiger partial charge in [0.25, 0.3) is 0 Å². The average Bonchev–Trinajstić information content (AvgIpc) is 2.25. The number of hydrogen-bond donors (Lipinski definition) is 2. The van der Waals surface area contributed by atoms with Gasteiger partial charge >= 0.3 is 0 Å².